The molecule has 29 heavy (non-hydrogen) atoms. The summed E-state index contributed by atoms with van der Waals surface area (Å²) in [5.41, 5.74) is 7.74. The summed E-state index contributed by atoms with van der Waals surface area (Å²) in [6.07, 6.45) is 3.25. The molecule has 1 aromatic carbocycles. The summed E-state index contributed by atoms with van der Waals surface area (Å²) in [6, 6.07) is 6.30. The van der Waals surface area contributed by atoms with E-state index >= 15 is 0 Å². The summed E-state index contributed by atoms with van der Waals surface area (Å²) in [7, 11) is 0. The van der Waals surface area contributed by atoms with Crippen LogP contribution in [0.15, 0.2) is 24.3 Å². The van der Waals surface area contributed by atoms with Gasteiger partial charge in [-0.25, -0.2) is 13.8 Å². The number of nitrogens with two attached hydrogens (primary N) is 1. The van der Waals surface area contributed by atoms with E-state index in [0.29, 0.717) is 15.4 Å². The van der Waals surface area contributed by atoms with Gasteiger partial charge in [-0.05, 0) is 56.4 Å². The third-order valence-corrected chi connectivity index (χ3v) is 6.33. The van der Waals surface area contributed by atoms with Crippen molar-refractivity contribution in [2.45, 2.75) is 38.6 Å². The standard InChI is InChI=1S/C21H22F2N4OS/c1-11-5-6-14-18(24)19(29-21(14)26-11)20(28)25-8-7-12-9-16(23)17(10-15(12)22)27-13-3-2-4-13/h5-6,9-10,13,27H,2-4,7-8,24H2,1H3,(H,25,28). The Morgan fingerprint density at radius 1 is 1.28 bits per heavy atom. The van der Waals surface area contributed by atoms with E-state index in [1.807, 2.05) is 19.1 Å². The maximum absolute atomic E-state index is 14.3. The number of rotatable bonds is 6. The number of fused-ring (bicyclic) bond motifs is 1. The first kappa shape index (κ1) is 19.6. The summed E-state index contributed by atoms with van der Waals surface area (Å²) in [6.45, 7) is 2.04. The quantitative estimate of drug-likeness (QED) is 0.556. The molecule has 0 saturated heterocycles. The first-order valence-corrected chi connectivity index (χ1v) is 10.4. The van der Waals surface area contributed by atoms with Gasteiger partial charge in [-0.15, -0.1) is 11.3 Å². The number of aromatic nitrogens is 1. The van der Waals surface area contributed by atoms with Crippen molar-refractivity contribution in [2.75, 3.05) is 17.6 Å². The number of benzene rings is 1. The Bertz CT molecular complexity index is 1080. The molecule has 0 bridgehead atoms. The van der Waals surface area contributed by atoms with Crippen molar-refractivity contribution in [3.8, 4) is 0 Å². The highest BCUT2D eigenvalue weighted by atomic mass is 32.1. The molecule has 1 aliphatic rings. The fraction of sp³-hybridized carbons (Fsp3) is 0.333. The van der Waals surface area contributed by atoms with Gasteiger partial charge in [0, 0.05) is 29.7 Å². The smallest absolute Gasteiger partial charge is 0.263 e. The third kappa shape index (κ3) is 4.03. The Labute approximate surface area is 171 Å². The van der Waals surface area contributed by atoms with E-state index in [2.05, 4.69) is 15.6 Å². The summed E-state index contributed by atoms with van der Waals surface area (Å²) < 4.78 is 28.6. The molecule has 152 valence electrons. The van der Waals surface area contributed by atoms with E-state index in [1.54, 1.807) is 0 Å². The average Bonchev–Trinajstić information content (AvgIpc) is 2.97. The summed E-state index contributed by atoms with van der Waals surface area (Å²) >= 11 is 1.22. The minimum atomic E-state index is -0.483. The van der Waals surface area contributed by atoms with Gasteiger partial charge < -0.3 is 16.4 Å². The number of aryl methyl sites for hydroxylation is 1. The fourth-order valence-corrected chi connectivity index (χ4v) is 4.37. The van der Waals surface area contributed by atoms with Crippen LogP contribution in [-0.4, -0.2) is 23.5 Å². The average molecular weight is 416 g/mol. The van der Waals surface area contributed by atoms with E-state index in [4.69, 9.17) is 5.73 Å². The minimum absolute atomic E-state index is 0.171. The van der Waals surface area contributed by atoms with Crippen LogP contribution in [0.5, 0.6) is 0 Å². The molecule has 8 heteroatoms. The van der Waals surface area contributed by atoms with Gasteiger partial charge in [0.05, 0.1) is 11.4 Å². The molecule has 4 rings (SSSR count). The van der Waals surface area contributed by atoms with Crippen LogP contribution in [-0.2, 0) is 6.42 Å². The summed E-state index contributed by atoms with van der Waals surface area (Å²) in [5, 5.41) is 6.51. The first-order chi connectivity index (χ1) is 13.9. The molecular formula is C21H22F2N4OS. The molecular weight excluding hydrogens is 394 g/mol. The van der Waals surface area contributed by atoms with Crippen LogP contribution in [0.3, 0.4) is 0 Å². The molecule has 0 aliphatic heterocycles. The number of nitrogens with zero attached hydrogens (tertiary/aromatic N) is 1. The molecule has 1 amide bonds. The zero-order chi connectivity index (χ0) is 20.5. The number of carbonyl (C=O) groups is 1. The predicted octanol–water partition coefficient (Wildman–Crippen LogP) is 4.40. The van der Waals surface area contributed by atoms with E-state index in [1.165, 1.54) is 23.5 Å². The normalized spacial score (nSPS) is 14.0. The molecule has 0 radical (unpaired) electrons. The molecule has 0 unspecified atom stereocenters. The lowest BCUT2D eigenvalue weighted by atomic mass is 9.93. The van der Waals surface area contributed by atoms with Crippen molar-refractivity contribution < 1.29 is 13.6 Å². The maximum atomic E-state index is 14.3. The van der Waals surface area contributed by atoms with Crippen molar-refractivity contribution in [3.63, 3.8) is 0 Å². The molecule has 3 aromatic rings. The van der Waals surface area contributed by atoms with Crippen LogP contribution in [0, 0.1) is 18.6 Å². The van der Waals surface area contributed by atoms with E-state index in [0.717, 1.165) is 30.3 Å². The van der Waals surface area contributed by atoms with Crippen LogP contribution in [0.1, 0.15) is 40.2 Å². The highest BCUT2D eigenvalue weighted by Gasteiger charge is 2.20. The number of hydrogen-bond donors (Lipinski definition) is 3. The number of halogens is 2. The molecule has 1 fully saturated rings. The van der Waals surface area contributed by atoms with Gasteiger partial charge in [-0.2, -0.15) is 0 Å². The number of nitrogens with one attached hydrogen (secondary N) is 2. The largest absolute Gasteiger partial charge is 0.397 e. The molecule has 4 N–H and O–H groups in total. The monoisotopic (exact) mass is 416 g/mol. The minimum Gasteiger partial charge on any atom is -0.397 e. The second-order valence-electron chi connectivity index (χ2n) is 7.35. The van der Waals surface area contributed by atoms with Crippen LogP contribution in [0.2, 0.25) is 0 Å². The Morgan fingerprint density at radius 3 is 2.79 bits per heavy atom. The first-order valence-electron chi connectivity index (χ1n) is 9.60. The van der Waals surface area contributed by atoms with E-state index < -0.39 is 11.6 Å². The Morgan fingerprint density at radius 2 is 2.07 bits per heavy atom. The predicted molar refractivity (Wildman–Crippen MR) is 112 cm³/mol. The molecule has 0 spiro atoms. The third-order valence-electron chi connectivity index (χ3n) is 5.22. The SMILES string of the molecule is Cc1ccc2c(N)c(C(=O)NCCc3cc(F)c(NC4CCC4)cc3F)sc2n1. The van der Waals surface area contributed by atoms with Crippen LogP contribution in [0.25, 0.3) is 10.2 Å². The second kappa shape index (κ2) is 7.94. The van der Waals surface area contributed by atoms with Crippen LogP contribution in [0.4, 0.5) is 20.2 Å². The number of hydrogen-bond acceptors (Lipinski definition) is 5. The fourth-order valence-electron chi connectivity index (χ4n) is 3.31. The van der Waals surface area contributed by atoms with Crippen LogP contribution < -0.4 is 16.4 Å². The van der Waals surface area contributed by atoms with Gasteiger partial charge >= 0.3 is 0 Å². The van der Waals surface area contributed by atoms with Crippen LogP contribution >= 0.6 is 11.3 Å². The number of nitrogen functional groups attached to an aromatic ring is 1. The van der Waals surface area contributed by atoms with Gasteiger partial charge in [0.25, 0.3) is 5.91 Å². The van der Waals surface area contributed by atoms with E-state index in [9.17, 15) is 13.6 Å². The van der Waals surface area contributed by atoms with Crippen molar-refractivity contribution >= 4 is 38.8 Å². The Kier molecular flexibility index (Phi) is 5.36. The van der Waals surface area contributed by atoms with Gasteiger partial charge in [0.2, 0.25) is 0 Å². The number of thiophene rings is 1. The van der Waals surface area contributed by atoms with Crippen molar-refractivity contribution in [2.24, 2.45) is 0 Å². The van der Waals surface area contributed by atoms with Crippen molar-refractivity contribution in [1.29, 1.82) is 0 Å². The Hall–Kier alpha value is -2.74. The van der Waals surface area contributed by atoms with Gasteiger partial charge in [0.15, 0.2) is 0 Å². The maximum Gasteiger partial charge on any atom is 0.263 e. The topological polar surface area (TPSA) is 80.0 Å². The summed E-state index contributed by atoms with van der Waals surface area (Å²) in [5.74, 6) is -1.30. The van der Waals surface area contributed by atoms with E-state index in [-0.39, 0.29) is 36.2 Å². The molecule has 5 nitrogen and oxygen atoms in total. The number of anilines is 2. The Balaban J connectivity index is 1.40. The zero-order valence-electron chi connectivity index (χ0n) is 16.0. The van der Waals surface area contributed by atoms with Gasteiger partial charge in [-0.1, -0.05) is 0 Å². The molecule has 0 atom stereocenters. The zero-order valence-corrected chi connectivity index (χ0v) is 16.8. The summed E-state index contributed by atoms with van der Waals surface area (Å²) in [4.78, 5) is 18.0. The molecule has 2 heterocycles. The van der Waals surface area contributed by atoms with Gasteiger partial charge in [-0.3, -0.25) is 4.79 Å². The lowest BCUT2D eigenvalue weighted by molar-refractivity contribution is 0.0959. The number of carbonyl (C=O) groups excluding carboxylic acids is 1. The lowest BCUT2D eigenvalue weighted by Crippen LogP contribution is -2.28. The lowest BCUT2D eigenvalue weighted by Gasteiger charge is -2.27. The highest BCUT2D eigenvalue weighted by molar-refractivity contribution is 7.21. The highest BCUT2D eigenvalue weighted by Crippen LogP contribution is 2.32. The second-order valence-corrected chi connectivity index (χ2v) is 8.35. The van der Waals surface area contributed by atoms with Crippen molar-refractivity contribution in [1.82, 2.24) is 10.3 Å². The molecule has 1 saturated carbocycles. The number of pyridine rings is 1. The van der Waals surface area contributed by atoms with Gasteiger partial charge in [0.1, 0.15) is 21.3 Å². The molecule has 2 aromatic heterocycles. The van der Waals surface area contributed by atoms with Crippen molar-refractivity contribution in [3.05, 3.63) is 52.0 Å². The molecule has 1 aliphatic carbocycles. The number of amides is 1.